The molecule has 3 rings (SSSR count). The molecule has 0 amide bonds. The van der Waals surface area contributed by atoms with Gasteiger partial charge in [-0.05, 0) is 23.9 Å². The summed E-state index contributed by atoms with van der Waals surface area (Å²) in [6.07, 6.45) is 2.88. The molecule has 0 radical (unpaired) electrons. The molecule has 2 aromatic heterocycles. The van der Waals surface area contributed by atoms with Crippen molar-refractivity contribution in [3.63, 3.8) is 0 Å². The monoisotopic (exact) mass is 284 g/mol. The lowest BCUT2D eigenvalue weighted by atomic mass is 10.2. The smallest absolute Gasteiger partial charge is 0.354 e. The first-order chi connectivity index (χ1) is 9.74. The van der Waals surface area contributed by atoms with Gasteiger partial charge in [0.2, 0.25) is 0 Å². The maximum Gasteiger partial charge on any atom is 0.354 e. The number of fused-ring (bicyclic) bond motifs is 1. The highest BCUT2D eigenvalue weighted by Gasteiger charge is 2.10. The van der Waals surface area contributed by atoms with Crippen LogP contribution < -0.4 is 0 Å². The van der Waals surface area contributed by atoms with Gasteiger partial charge in [-0.1, -0.05) is 18.2 Å². The van der Waals surface area contributed by atoms with E-state index in [1.807, 2.05) is 24.3 Å². The summed E-state index contributed by atoms with van der Waals surface area (Å²) in [5.41, 5.74) is 0.778. The normalized spacial score (nSPS) is 10.6. The molecule has 0 aliphatic carbocycles. The third-order valence-corrected chi connectivity index (χ3v) is 3.44. The number of aromatic carboxylic acids is 1. The Morgan fingerprint density at radius 1 is 1.10 bits per heavy atom. The zero-order valence-corrected chi connectivity index (χ0v) is 10.9. The van der Waals surface area contributed by atoms with Crippen molar-refractivity contribution in [2.75, 3.05) is 0 Å². The lowest BCUT2D eigenvalue weighted by Gasteiger charge is -2.03. The van der Waals surface area contributed by atoms with Crippen LogP contribution in [0, 0.1) is 0 Å². The number of hydrogen-bond acceptors (Lipinski definition) is 6. The van der Waals surface area contributed by atoms with E-state index in [0.717, 1.165) is 10.9 Å². The van der Waals surface area contributed by atoms with Gasteiger partial charge in [0.15, 0.2) is 10.9 Å². The van der Waals surface area contributed by atoms with E-state index in [1.165, 1.54) is 30.4 Å². The van der Waals surface area contributed by atoms with E-state index >= 15 is 0 Å². The van der Waals surface area contributed by atoms with Crippen LogP contribution in [0.5, 0.6) is 0 Å². The minimum atomic E-state index is -1.08. The number of nitrogens with zero attached hydrogens (tertiary/aromatic N) is 4. The van der Waals surface area contributed by atoms with E-state index in [-0.39, 0.29) is 5.69 Å². The summed E-state index contributed by atoms with van der Waals surface area (Å²) in [5.74, 6) is -1.08. The van der Waals surface area contributed by atoms with Gasteiger partial charge < -0.3 is 5.11 Å². The van der Waals surface area contributed by atoms with Gasteiger partial charge in [0, 0.05) is 11.6 Å². The number of benzene rings is 1. The van der Waals surface area contributed by atoms with Gasteiger partial charge in [-0.2, -0.15) is 0 Å². The molecule has 7 heteroatoms. The van der Waals surface area contributed by atoms with E-state index in [4.69, 9.17) is 5.11 Å². The molecule has 6 nitrogen and oxygen atoms in total. The zero-order chi connectivity index (χ0) is 13.9. The van der Waals surface area contributed by atoms with Crippen LogP contribution >= 0.6 is 11.8 Å². The fraction of sp³-hybridized carbons (Fsp3) is 0. The van der Waals surface area contributed by atoms with E-state index in [2.05, 4.69) is 19.9 Å². The minimum absolute atomic E-state index is 0.0409. The van der Waals surface area contributed by atoms with Crippen molar-refractivity contribution >= 4 is 28.6 Å². The van der Waals surface area contributed by atoms with Crippen LogP contribution in [0.1, 0.15) is 10.5 Å². The summed E-state index contributed by atoms with van der Waals surface area (Å²) < 4.78 is 0. The number of carboxylic acids is 1. The van der Waals surface area contributed by atoms with Crippen LogP contribution in [-0.4, -0.2) is 31.0 Å². The minimum Gasteiger partial charge on any atom is -0.477 e. The fourth-order valence-electron chi connectivity index (χ4n) is 1.66. The highest BCUT2D eigenvalue weighted by atomic mass is 32.2. The van der Waals surface area contributed by atoms with E-state index in [0.29, 0.717) is 10.2 Å². The molecule has 0 saturated heterocycles. The summed E-state index contributed by atoms with van der Waals surface area (Å²) in [4.78, 5) is 27.3. The first-order valence-corrected chi connectivity index (χ1v) is 6.49. The summed E-state index contributed by atoms with van der Waals surface area (Å²) in [6, 6.07) is 8.93. The molecule has 0 aliphatic rings. The SMILES string of the molecule is O=C(O)c1ccnc(Sc2ncnc3ccccc23)n1. The van der Waals surface area contributed by atoms with Crippen LogP contribution in [0.3, 0.4) is 0 Å². The molecule has 98 valence electrons. The van der Waals surface area contributed by atoms with E-state index in [1.54, 1.807) is 0 Å². The average Bonchev–Trinajstić information content (AvgIpc) is 2.48. The van der Waals surface area contributed by atoms with Crippen molar-refractivity contribution in [1.29, 1.82) is 0 Å². The fourth-order valence-corrected chi connectivity index (χ4v) is 2.47. The second-order valence-electron chi connectivity index (χ2n) is 3.83. The maximum atomic E-state index is 10.9. The third-order valence-electron chi connectivity index (χ3n) is 2.55. The molecule has 0 saturated carbocycles. The number of rotatable bonds is 3. The Bertz CT molecular complexity index is 789. The van der Waals surface area contributed by atoms with Crippen molar-refractivity contribution in [3.05, 3.63) is 48.5 Å². The van der Waals surface area contributed by atoms with Crippen LogP contribution in [-0.2, 0) is 0 Å². The van der Waals surface area contributed by atoms with E-state index < -0.39 is 5.97 Å². The van der Waals surface area contributed by atoms with Crippen LogP contribution in [0.2, 0.25) is 0 Å². The van der Waals surface area contributed by atoms with Gasteiger partial charge in [0.1, 0.15) is 11.4 Å². The Kier molecular flexibility index (Phi) is 3.26. The predicted molar refractivity (Wildman–Crippen MR) is 72.7 cm³/mol. The Balaban J connectivity index is 2.01. The first-order valence-electron chi connectivity index (χ1n) is 5.68. The van der Waals surface area contributed by atoms with Gasteiger partial charge >= 0.3 is 5.97 Å². The Morgan fingerprint density at radius 2 is 1.95 bits per heavy atom. The molecule has 0 fully saturated rings. The number of carboxylic acid groups (broad SMARTS) is 1. The van der Waals surface area contributed by atoms with Crippen molar-refractivity contribution in [2.45, 2.75) is 10.2 Å². The molecule has 1 aromatic carbocycles. The van der Waals surface area contributed by atoms with Crippen LogP contribution in [0.4, 0.5) is 0 Å². The topological polar surface area (TPSA) is 88.9 Å². The molecule has 2 heterocycles. The Labute approximate surface area is 117 Å². The van der Waals surface area contributed by atoms with Crippen molar-refractivity contribution in [2.24, 2.45) is 0 Å². The van der Waals surface area contributed by atoms with Crippen molar-refractivity contribution < 1.29 is 9.90 Å². The van der Waals surface area contributed by atoms with Crippen molar-refractivity contribution in [3.8, 4) is 0 Å². The van der Waals surface area contributed by atoms with Crippen molar-refractivity contribution in [1.82, 2.24) is 19.9 Å². The molecule has 0 aliphatic heterocycles. The largest absolute Gasteiger partial charge is 0.477 e. The number of carbonyl (C=O) groups is 1. The summed E-state index contributed by atoms with van der Waals surface area (Å²) in [7, 11) is 0. The third kappa shape index (κ3) is 2.43. The summed E-state index contributed by atoms with van der Waals surface area (Å²) in [5, 5.41) is 10.8. The molecule has 20 heavy (non-hydrogen) atoms. The molecule has 0 spiro atoms. The zero-order valence-electron chi connectivity index (χ0n) is 10.1. The highest BCUT2D eigenvalue weighted by molar-refractivity contribution is 7.99. The molecule has 0 atom stereocenters. The molecule has 0 unspecified atom stereocenters. The summed E-state index contributed by atoms with van der Waals surface area (Å²) in [6.45, 7) is 0. The number of para-hydroxylation sites is 1. The number of aromatic nitrogens is 4. The summed E-state index contributed by atoms with van der Waals surface area (Å²) >= 11 is 1.21. The van der Waals surface area contributed by atoms with Crippen LogP contribution in [0.15, 0.2) is 53.0 Å². The molecular weight excluding hydrogens is 276 g/mol. The standard InChI is InChI=1S/C13H8N4O2S/c18-12(19)10-5-6-14-13(17-10)20-11-8-3-1-2-4-9(8)15-7-16-11/h1-7H,(H,18,19). The maximum absolute atomic E-state index is 10.9. The Morgan fingerprint density at radius 3 is 2.80 bits per heavy atom. The Hall–Kier alpha value is -2.54. The first kappa shape index (κ1) is 12.5. The molecular formula is C13H8N4O2S. The van der Waals surface area contributed by atoms with Gasteiger partial charge in [-0.25, -0.2) is 24.7 Å². The van der Waals surface area contributed by atoms with Gasteiger partial charge in [-0.3, -0.25) is 0 Å². The second-order valence-corrected chi connectivity index (χ2v) is 4.78. The van der Waals surface area contributed by atoms with Gasteiger partial charge in [-0.15, -0.1) is 0 Å². The molecule has 3 aromatic rings. The highest BCUT2D eigenvalue weighted by Crippen LogP contribution is 2.28. The number of hydrogen-bond donors (Lipinski definition) is 1. The lowest BCUT2D eigenvalue weighted by molar-refractivity contribution is 0.0689. The molecule has 1 N–H and O–H groups in total. The van der Waals surface area contributed by atoms with Crippen LogP contribution in [0.25, 0.3) is 10.9 Å². The van der Waals surface area contributed by atoms with Gasteiger partial charge in [0.05, 0.1) is 5.52 Å². The van der Waals surface area contributed by atoms with Gasteiger partial charge in [0.25, 0.3) is 0 Å². The van der Waals surface area contributed by atoms with E-state index in [9.17, 15) is 4.79 Å². The second kappa shape index (κ2) is 5.22. The quantitative estimate of drug-likeness (QED) is 0.583. The lowest BCUT2D eigenvalue weighted by Crippen LogP contribution is -2.01. The average molecular weight is 284 g/mol. The molecule has 0 bridgehead atoms. The predicted octanol–water partition coefficient (Wildman–Crippen LogP) is 2.27.